The second-order valence-electron chi connectivity index (χ2n) is 7.90. The average Bonchev–Trinajstić information content (AvgIpc) is 3.21. The van der Waals surface area contributed by atoms with Crippen LogP contribution in [0.1, 0.15) is 25.7 Å². The van der Waals surface area contributed by atoms with Gasteiger partial charge in [0.05, 0.1) is 4.90 Å². The number of sulfonamides is 1. The standard InChI is InChI=1S/C21H29N3O2S/c1-22(2)20-11-5-10-19-18(20)9-6-12-21(19)27(25,26)24-15-13-23(14-16-24)17-7-3-4-8-17/h5-6,9-12,17H,3-4,7-8,13-16H2,1-2H3. The van der Waals surface area contributed by atoms with E-state index >= 15 is 0 Å². The maximum absolute atomic E-state index is 13.4. The molecule has 1 saturated heterocycles. The molecule has 1 aliphatic heterocycles. The second-order valence-corrected chi connectivity index (χ2v) is 9.81. The van der Waals surface area contributed by atoms with Crippen LogP contribution in [-0.2, 0) is 10.0 Å². The number of benzene rings is 2. The highest BCUT2D eigenvalue weighted by Crippen LogP contribution is 2.32. The molecule has 0 amide bonds. The molecule has 0 bridgehead atoms. The molecule has 27 heavy (non-hydrogen) atoms. The van der Waals surface area contributed by atoms with Crippen molar-refractivity contribution >= 4 is 26.5 Å². The van der Waals surface area contributed by atoms with Crippen molar-refractivity contribution in [3.63, 3.8) is 0 Å². The Kier molecular flexibility index (Phi) is 5.14. The zero-order valence-corrected chi connectivity index (χ0v) is 17.1. The lowest BCUT2D eigenvalue weighted by Crippen LogP contribution is -2.51. The first-order valence-electron chi connectivity index (χ1n) is 9.92. The molecule has 1 heterocycles. The summed E-state index contributed by atoms with van der Waals surface area (Å²) in [7, 11) is 0.479. The van der Waals surface area contributed by atoms with Gasteiger partial charge in [-0.25, -0.2) is 8.42 Å². The number of anilines is 1. The van der Waals surface area contributed by atoms with Crippen LogP contribution in [0.15, 0.2) is 41.3 Å². The van der Waals surface area contributed by atoms with Crippen LogP contribution in [0.25, 0.3) is 10.8 Å². The van der Waals surface area contributed by atoms with Crippen molar-refractivity contribution in [3.8, 4) is 0 Å². The van der Waals surface area contributed by atoms with Gasteiger partial charge in [-0.3, -0.25) is 4.90 Å². The van der Waals surface area contributed by atoms with Crippen LogP contribution in [0.3, 0.4) is 0 Å². The van der Waals surface area contributed by atoms with Gasteiger partial charge in [-0.15, -0.1) is 0 Å². The SMILES string of the molecule is CN(C)c1cccc2c(S(=O)(=O)N3CCN(C4CCCC4)CC3)cccc12. The third-order valence-corrected chi connectivity index (χ3v) is 8.03. The molecule has 2 aliphatic rings. The van der Waals surface area contributed by atoms with Gasteiger partial charge in [0.15, 0.2) is 0 Å². The Labute approximate surface area is 162 Å². The molecular formula is C21H29N3O2S. The van der Waals surface area contributed by atoms with E-state index in [1.807, 2.05) is 49.3 Å². The van der Waals surface area contributed by atoms with Gasteiger partial charge in [-0.1, -0.05) is 37.1 Å². The molecule has 0 radical (unpaired) electrons. The Morgan fingerprint density at radius 2 is 1.52 bits per heavy atom. The summed E-state index contributed by atoms with van der Waals surface area (Å²) in [5, 5.41) is 1.79. The maximum atomic E-state index is 13.4. The van der Waals surface area contributed by atoms with Crippen LogP contribution in [0.4, 0.5) is 5.69 Å². The maximum Gasteiger partial charge on any atom is 0.243 e. The van der Waals surface area contributed by atoms with Crippen molar-refractivity contribution in [2.45, 2.75) is 36.6 Å². The summed E-state index contributed by atoms with van der Waals surface area (Å²) in [5.41, 5.74) is 1.04. The minimum absolute atomic E-state index is 0.429. The first-order chi connectivity index (χ1) is 13.0. The smallest absolute Gasteiger partial charge is 0.243 e. The van der Waals surface area contributed by atoms with E-state index in [9.17, 15) is 8.42 Å². The van der Waals surface area contributed by atoms with Gasteiger partial charge in [0.1, 0.15) is 0 Å². The van der Waals surface area contributed by atoms with E-state index in [1.165, 1.54) is 25.7 Å². The fourth-order valence-corrected chi connectivity index (χ4v) is 6.23. The van der Waals surface area contributed by atoms with Crippen molar-refractivity contribution in [2.24, 2.45) is 0 Å². The molecule has 0 unspecified atom stereocenters. The molecular weight excluding hydrogens is 358 g/mol. The molecule has 146 valence electrons. The normalized spacial score (nSPS) is 20.4. The molecule has 2 aromatic rings. The minimum Gasteiger partial charge on any atom is -0.377 e. The largest absolute Gasteiger partial charge is 0.377 e. The van der Waals surface area contributed by atoms with Crippen LogP contribution in [0, 0.1) is 0 Å². The summed E-state index contributed by atoms with van der Waals surface area (Å²) in [6.45, 7) is 2.86. The molecule has 1 aliphatic carbocycles. The molecule has 6 heteroatoms. The zero-order chi connectivity index (χ0) is 19.0. The molecule has 2 fully saturated rings. The molecule has 1 saturated carbocycles. The average molecular weight is 388 g/mol. The van der Waals surface area contributed by atoms with E-state index in [1.54, 1.807) is 10.4 Å². The summed E-state index contributed by atoms with van der Waals surface area (Å²) < 4.78 is 28.5. The van der Waals surface area contributed by atoms with Gasteiger partial charge in [-0.2, -0.15) is 4.31 Å². The molecule has 4 rings (SSSR count). The van der Waals surface area contributed by atoms with Gasteiger partial charge < -0.3 is 4.90 Å². The molecule has 2 aromatic carbocycles. The van der Waals surface area contributed by atoms with Gasteiger partial charge >= 0.3 is 0 Å². The fraction of sp³-hybridized carbons (Fsp3) is 0.524. The number of hydrogen-bond acceptors (Lipinski definition) is 4. The van der Waals surface area contributed by atoms with E-state index in [2.05, 4.69) is 4.90 Å². The topological polar surface area (TPSA) is 43.9 Å². The lowest BCUT2D eigenvalue weighted by Gasteiger charge is -2.37. The van der Waals surface area contributed by atoms with Crippen LogP contribution in [0.5, 0.6) is 0 Å². The molecule has 0 N–H and O–H groups in total. The first-order valence-corrected chi connectivity index (χ1v) is 11.4. The van der Waals surface area contributed by atoms with Gasteiger partial charge in [0.2, 0.25) is 10.0 Å². The lowest BCUT2D eigenvalue weighted by molar-refractivity contribution is 0.139. The van der Waals surface area contributed by atoms with Crippen molar-refractivity contribution in [1.82, 2.24) is 9.21 Å². The molecule has 5 nitrogen and oxygen atoms in total. The van der Waals surface area contributed by atoms with E-state index < -0.39 is 10.0 Å². The van der Waals surface area contributed by atoms with Crippen molar-refractivity contribution in [2.75, 3.05) is 45.2 Å². The fourth-order valence-electron chi connectivity index (χ4n) is 4.60. The predicted octanol–water partition coefficient (Wildman–Crippen LogP) is 3.15. The Hall–Kier alpha value is -1.63. The summed E-state index contributed by atoms with van der Waals surface area (Å²) in [6.07, 6.45) is 5.16. The number of fused-ring (bicyclic) bond motifs is 1. The summed E-state index contributed by atoms with van der Waals surface area (Å²) in [4.78, 5) is 4.95. The minimum atomic E-state index is -3.49. The van der Waals surface area contributed by atoms with Gasteiger partial charge in [0.25, 0.3) is 0 Å². The van der Waals surface area contributed by atoms with Gasteiger partial charge in [-0.05, 0) is 25.0 Å². The first kappa shape index (κ1) is 18.7. The van der Waals surface area contributed by atoms with Crippen LogP contribution in [0.2, 0.25) is 0 Å². The predicted molar refractivity (Wildman–Crippen MR) is 111 cm³/mol. The van der Waals surface area contributed by atoms with Crippen LogP contribution < -0.4 is 4.90 Å². The van der Waals surface area contributed by atoms with Crippen molar-refractivity contribution < 1.29 is 8.42 Å². The molecule has 0 spiro atoms. The highest BCUT2D eigenvalue weighted by atomic mass is 32.2. The van der Waals surface area contributed by atoms with Gasteiger partial charge in [0, 0.05) is 62.8 Å². The summed E-state index contributed by atoms with van der Waals surface area (Å²) in [5.74, 6) is 0. The number of rotatable bonds is 4. The second kappa shape index (κ2) is 7.41. The summed E-state index contributed by atoms with van der Waals surface area (Å²) in [6, 6.07) is 12.2. The third-order valence-electron chi connectivity index (χ3n) is 6.07. The summed E-state index contributed by atoms with van der Waals surface area (Å²) >= 11 is 0. The van der Waals surface area contributed by atoms with Crippen LogP contribution >= 0.6 is 0 Å². The Balaban J connectivity index is 1.62. The highest BCUT2D eigenvalue weighted by molar-refractivity contribution is 7.89. The lowest BCUT2D eigenvalue weighted by atomic mass is 10.1. The molecule has 0 atom stereocenters. The Morgan fingerprint density at radius 3 is 2.19 bits per heavy atom. The van der Waals surface area contributed by atoms with Crippen LogP contribution in [-0.4, -0.2) is 63.9 Å². The number of nitrogens with zero attached hydrogens (tertiary/aromatic N) is 3. The highest BCUT2D eigenvalue weighted by Gasteiger charge is 2.32. The number of piperazine rings is 1. The Morgan fingerprint density at radius 1 is 0.889 bits per heavy atom. The van der Waals surface area contributed by atoms with E-state index in [4.69, 9.17) is 0 Å². The monoisotopic (exact) mass is 387 g/mol. The van der Waals surface area contributed by atoms with Crippen molar-refractivity contribution in [1.29, 1.82) is 0 Å². The third kappa shape index (κ3) is 3.46. The van der Waals surface area contributed by atoms with E-state index in [0.717, 1.165) is 29.5 Å². The Bertz CT molecular complexity index is 912. The number of hydrogen-bond donors (Lipinski definition) is 0. The molecule has 0 aromatic heterocycles. The zero-order valence-electron chi connectivity index (χ0n) is 16.3. The quantitative estimate of drug-likeness (QED) is 0.808. The van der Waals surface area contributed by atoms with E-state index in [0.29, 0.717) is 24.0 Å². The van der Waals surface area contributed by atoms with E-state index in [-0.39, 0.29) is 0 Å². The van der Waals surface area contributed by atoms with Crippen molar-refractivity contribution in [3.05, 3.63) is 36.4 Å².